The van der Waals surface area contributed by atoms with Gasteiger partial charge in [0, 0.05) is 32.6 Å². The molecule has 1 aliphatic heterocycles. The Balaban J connectivity index is 1.67. The van der Waals surface area contributed by atoms with Gasteiger partial charge in [0.25, 0.3) is 0 Å². The van der Waals surface area contributed by atoms with E-state index >= 15 is 0 Å². The molecule has 2 aromatic rings. The largest absolute Gasteiger partial charge is 0.341 e. The minimum absolute atomic E-state index is 0.0848. The fourth-order valence-electron chi connectivity index (χ4n) is 3.33. The van der Waals surface area contributed by atoms with E-state index < -0.39 is 6.04 Å². The summed E-state index contributed by atoms with van der Waals surface area (Å²) in [6.45, 7) is 2.94. The van der Waals surface area contributed by atoms with Crippen LogP contribution in [0.5, 0.6) is 0 Å². The van der Waals surface area contributed by atoms with Crippen LogP contribution in [0.1, 0.15) is 23.6 Å². The fourth-order valence-corrected chi connectivity index (χ4v) is 3.33. The Labute approximate surface area is 165 Å². The van der Waals surface area contributed by atoms with E-state index in [2.05, 4.69) is 10.2 Å². The first-order valence-corrected chi connectivity index (χ1v) is 9.59. The molecule has 2 amide bonds. The molecule has 2 aromatic carbocycles. The van der Waals surface area contributed by atoms with E-state index in [1.165, 1.54) is 12.1 Å². The third kappa shape index (κ3) is 5.39. The second-order valence-corrected chi connectivity index (χ2v) is 7.17. The Morgan fingerprint density at radius 3 is 2.43 bits per heavy atom. The number of amides is 2. The van der Waals surface area contributed by atoms with Gasteiger partial charge in [-0.05, 0) is 36.7 Å². The second-order valence-electron chi connectivity index (χ2n) is 7.17. The molecule has 0 bridgehead atoms. The lowest BCUT2D eigenvalue weighted by Gasteiger charge is -2.35. The van der Waals surface area contributed by atoms with Crippen molar-refractivity contribution in [1.29, 1.82) is 0 Å². The molecule has 0 aromatic heterocycles. The molecule has 0 radical (unpaired) electrons. The minimum Gasteiger partial charge on any atom is -0.341 e. The highest BCUT2D eigenvalue weighted by atomic mass is 19.1. The van der Waals surface area contributed by atoms with Gasteiger partial charge < -0.3 is 15.1 Å². The molecule has 5 nitrogen and oxygen atoms in total. The van der Waals surface area contributed by atoms with Gasteiger partial charge in [0.15, 0.2) is 0 Å². The summed E-state index contributed by atoms with van der Waals surface area (Å²) in [5, 5.41) is 2.89. The Bertz CT molecular complexity index is 804. The van der Waals surface area contributed by atoms with Crippen LogP contribution in [-0.4, -0.2) is 54.8 Å². The van der Waals surface area contributed by atoms with Crippen molar-refractivity contribution in [3.8, 4) is 0 Å². The highest BCUT2D eigenvalue weighted by Gasteiger charge is 2.29. The summed E-state index contributed by atoms with van der Waals surface area (Å²) >= 11 is 0. The summed E-state index contributed by atoms with van der Waals surface area (Å²) in [5.74, 6) is -0.621. The number of halogens is 1. The molecule has 1 heterocycles. The van der Waals surface area contributed by atoms with Crippen molar-refractivity contribution < 1.29 is 14.0 Å². The molecule has 0 saturated carbocycles. The standard InChI is InChI=1S/C22H26FN3O2/c1-25-12-14-26(15-13-25)22(28)21(18-7-3-2-4-8-18)24-20(27)11-10-17-6-5-9-19(23)16-17/h2-9,16,21H,10-15H2,1H3,(H,24,27). The van der Waals surface area contributed by atoms with Gasteiger partial charge >= 0.3 is 0 Å². The second kappa shape index (κ2) is 9.46. The van der Waals surface area contributed by atoms with E-state index in [0.717, 1.165) is 24.2 Å². The van der Waals surface area contributed by atoms with E-state index in [1.807, 2.05) is 42.3 Å². The number of nitrogens with one attached hydrogen (secondary N) is 1. The van der Waals surface area contributed by atoms with Crippen LogP contribution in [0.15, 0.2) is 54.6 Å². The lowest BCUT2D eigenvalue weighted by atomic mass is 10.0. The van der Waals surface area contributed by atoms with E-state index in [1.54, 1.807) is 12.1 Å². The van der Waals surface area contributed by atoms with Crippen LogP contribution in [0.2, 0.25) is 0 Å². The molecule has 148 valence electrons. The first kappa shape index (κ1) is 20.0. The summed E-state index contributed by atoms with van der Waals surface area (Å²) in [6.07, 6.45) is 0.622. The molecule has 1 atom stereocenters. The first-order valence-electron chi connectivity index (χ1n) is 9.59. The average Bonchev–Trinajstić information content (AvgIpc) is 2.71. The Morgan fingerprint density at radius 1 is 1.04 bits per heavy atom. The van der Waals surface area contributed by atoms with Crippen LogP contribution in [-0.2, 0) is 16.0 Å². The van der Waals surface area contributed by atoms with Gasteiger partial charge in [-0.2, -0.15) is 0 Å². The summed E-state index contributed by atoms with van der Waals surface area (Å²) in [5.41, 5.74) is 1.53. The zero-order valence-corrected chi connectivity index (χ0v) is 16.1. The Kier molecular flexibility index (Phi) is 6.76. The van der Waals surface area contributed by atoms with Gasteiger partial charge in [0.2, 0.25) is 11.8 Å². The van der Waals surface area contributed by atoms with Crippen LogP contribution in [0.25, 0.3) is 0 Å². The van der Waals surface area contributed by atoms with Gasteiger partial charge in [-0.25, -0.2) is 4.39 Å². The van der Waals surface area contributed by atoms with E-state index in [0.29, 0.717) is 19.5 Å². The number of nitrogens with zero attached hydrogens (tertiary/aromatic N) is 2. The smallest absolute Gasteiger partial charge is 0.249 e. The quantitative estimate of drug-likeness (QED) is 0.833. The third-order valence-electron chi connectivity index (χ3n) is 5.03. The van der Waals surface area contributed by atoms with Crippen LogP contribution in [0.4, 0.5) is 4.39 Å². The maximum Gasteiger partial charge on any atom is 0.249 e. The topological polar surface area (TPSA) is 52.6 Å². The molecular weight excluding hydrogens is 357 g/mol. The van der Waals surface area contributed by atoms with Crippen molar-refractivity contribution in [2.75, 3.05) is 33.2 Å². The molecule has 1 aliphatic rings. The SMILES string of the molecule is CN1CCN(C(=O)C(NC(=O)CCc2cccc(F)c2)c2ccccc2)CC1. The molecule has 3 rings (SSSR count). The average molecular weight is 383 g/mol. The number of hydrogen-bond acceptors (Lipinski definition) is 3. The van der Waals surface area contributed by atoms with Crippen molar-refractivity contribution in [3.63, 3.8) is 0 Å². The van der Waals surface area contributed by atoms with Crippen molar-refractivity contribution in [1.82, 2.24) is 15.1 Å². The van der Waals surface area contributed by atoms with Gasteiger partial charge in [0.05, 0.1) is 0 Å². The van der Waals surface area contributed by atoms with Crippen LogP contribution < -0.4 is 5.32 Å². The number of benzene rings is 2. The molecule has 0 spiro atoms. The number of carbonyl (C=O) groups excluding carboxylic acids is 2. The molecular formula is C22H26FN3O2. The molecule has 1 fully saturated rings. The van der Waals surface area contributed by atoms with Crippen molar-refractivity contribution in [2.24, 2.45) is 0 Å². The number of hydrogen-bond donors (Lipinski definition) is 1. The first-order chi connectivity index (χ1) is 13.5. The van der Waals surface area contributed by atoms with Crippen molar-refractivity contribution in [3.05, 3.63) is 71.5 Å². The maximum absolute atomic E-state index is 13.3. The molecule has 0 aliphatic carbocycles. The predicted molar refractivity (Wildman–Crippen MR) is 106 cm³/mol. The van der Waals surface area contributed by atoms with Gasteiger partial charge in [0.1, 0.15) is 11.9 Å². The molecule has 6 heteroatoms. The number of piperazine rings is 1. The van der Waals surface area contributed by atoms with Gasteiger partial charge in [-0.3, -0.25) is 9.59 Å². The van der Waals surface area contributed by atoms with Crippen LogP contribution >= 0.6 is 0 Å². The Morgan fingerprint density at radius 2 is 1.75 bits per heavy atom. The zero-order chi connectivity index (χ0) is 19.9. The van der Waals surface area contributed by atoms with Gasteiger partial charge in [-0.15, -0.1) is 0 Å². The highest BCUT2D eigenvalue weighted by molar-refractivity contribution is 5.88. The summed E-state index contributed by atoms with van der Waals surface area (Å²) < 4.78 is 13.3. The highest BCUT2D eigenvalue weighted by Crippen LogP contribution is 2.18. The lowest BCUT2D eigenvalue weighted by molar-refractivity contribution is -0.138. The summed E-state index contributed by atoms with van der Waals surface area (Å²) in [6, 6.07) is 14.8. The molecule has 1 unspecified atom stereocenters. The summed E-state index contributed by atoms with van der Waals surface area (Å²) in [7, 11) is 2.03. The lowest BCUT2D eigenvalue weighted by Crippen LogP contribution is -2.51. The third-order valence-corrected chi connectivity index (χ3v) is 5.03. The molecule has 28 heavy (non-hydrogen) atoms. The number of likely N-dealkylation sites (N-methyl/N-ethyl adjacent to an activating group) is 1. The zero-order valence-electron chi connectivity index (χ0n) is 16.1. The minimum atomic E-state index is -0.704. The van der Waals surface area contributed by atoms with E-state index in [9.17, 15) is 14.0 Å². The Hall–Kier alpha value is -2.73. The van der Waals surface area contributed by atoms with E-state index in [-0.39, 0.29) is 24.1 Å². The van der Waals surface area contributed by atoms with Crippen LogP contribution in [0.3, 0.4) is 0 Å². The van der Waals surface area contributed by atoms with Crippen molar-refractivity contribution >= 4 is 11.8 Å². The number of carbonyl (C=O) groups is 2. The number of aryl methyl sites for hydroxylation is 1. The fraction of sp³-hybridized carbons (Fsp3) is 0.364. The monoisotopic (exact) mass is 383 g/mol. The normalized spacial score (nSPS) is 15.9. The molecule has 1 N–H and O–H groups in total. The van der Waals surface area contributed by atoms with Gasteiger partial charge in [-0.1, -0.05) is 42.5 Å². The number of rotatable bonds is 6. The maximum atomic E-state index is 13.3. The van der Waals surface area contributed by atoms with E-state index in [4.69, 9.17) is 0 Å². The molecule has 1 saturated heterocycles. The van der Waals surface area contributed by atoms with Crippen molar-refractivity contribution in [2.45, 2.75) is 18.9 Å². The summed E-state index contributed by atoms with van der Waals surface area (Å²) in [4.78, 5) is 29.6. The van der Waals surface area contributed by atoms with Crippen LogP contribution in [0, 0.1) is 5.82 Å². The predicted octanol–water partition coefficient (Wildman–Crippen LogP) is 2.39.